The van der Waals surface area contributed by atoms with E-state index < -0.39 is 6.49 Å². The third-order valence-corrected chi connectivity index (χ3v) is 8.78. The Morgan fingerprint density at radius 2 is 1.71 bits per heavy atom. The summed E-state index contributed by atoms with van der Waals surface area (Å²) in [5.74, 6) is 0.947. The molecule has 0 heterocycles. The molecule has 1 rings (SSSR count). The van der Waals surface area contributed by atoms with Crippen molar-refractivity contribution in [1.82, 2.24) is 4.67 Å². The number of hydrogen-bond acceptors (Lipinski definition) is 2. The fourth-order valence-corrected chi connectivity index (χ4v) is 7.39. The Bertz CT molecular complexity index is 365. The van der Waals surface area contributed by atoms with Gasteiger partial charge in [-0.3, -0.25) is 4.57 Å². The Morgan fingerprint density at radius 1 is 1.12 bits per heavy atom. The largest absolute Gasteiger partial charge is 0.289 e. The predicted molar refractivity (Wildman–Crippen MR) is 79.4 cm³/mol. The SMILES string of the molecule is CCCSP(=O)(c1ccccc1)N(CC)CC. The van der Waals surface area contributed by atoms with Crippen molar-refractivity contribution in [3.05, 3.63) is 30.3 Å². The van der Waals surface area contributed by atoms with E-state index in [1.54, 1.807) is 11.4 Å². The molecule has 0 bridgehead atoms. The van der Waals surface area contributed by atoms with Crippen LogP contribution in [-0.4, -0.2) is 23.5 Å². The summed E-state index contributed by atoms with van der Waals surface area (Å²) in [6, 6.07) is 9.89. The van der Waals surface area contributed by atoms with Gasteiger partial charge in [0.05, 0.1) is 0 Å². The van der Waals surface area contributed by atoms with E-state index in [0.717, 1.165) is 30.6 Å². The summed E-state index contributed by atoms with van der Waals surface area (Å²) in [6.45, 7) is 5.50. The molecule has 0 aliphatic rings. The second-order valence-corrected chi connectivity index (χ2v) is 8.88. The standard InChI is InChI=1S/C13H22NOPS/c1-4-12-17-16(15,14(5-2)6-3)13-10-8-7-9-11-13/h7-11H,4-6,12H2,1-3H3. The Balaban J connectivity index is 3.05. The highest BCUT2D eigenvalue weighted by Crippen LogP contribution is 2.60. The first-order valence-electron chi connectivity index (χ1n) is 6.24. The Morgan fingerprint density at radius 3 is 2.18 bits per heavy atom. The molecule has 0 fully saturated rings. The van der Waals surface area contributed by atoms with Crippen LogP contribution in [-0.2, 0) is 4.57 Å². The van der Waals surface area contributed by atoms with Gasteiger partial charge >= 0.3 is 0 Å². The molecule has 1 atom stereocenters. The van der Waals surface area contributed by atoms with Gasteiger partial charge in [0.25, 0.3) is 0 Å². The van der Waals surface area contributed by atoms with Crippen molar-refractivity contribution in [1.29, 1.82) is 0 Å². The Labute approximate surface area is 109 Å². The lowest BCUT2D eigenvalue weighted by atomic mass is 10.4. The third kappa shape index (κ3) is 3.61. The molecule has 0 N–H and O–H groups in total. The van der Waals surface area contributed by atoms with Gasteiger partial charge in [0.15, 0.2) is 0 Å². The van der Waals surface area contributed by atoms with E-state index in [2.05, 4.69) is 25.4 Å². The maximum absolute atomic E-state index is 13.2. The van der Waals surface area contributed by atoms with Gasteiger partial charge in [0, 0.05) is 24.1 Å². The Kier molecular flexibility index (Phi) is 6.32. The fourth-order valence-electron chi connectivity index (χ4n) is 1.75. The molecule has 0 radical (unpaired) electrons. The van der Waals surface area contributed by atoms with Crippen molar-refractivity contribution in [3.63, 3.8) is 0 Å². The molecule has 1 aromatic rings. The van der Waals surface area contributed by atoms with E-state index in [-0.39, 0.29) is 0 Å². The van der Waals surface area contributed by atoms with Crippen molar-refractivity contribution in [2.75, 3.05) is 18.8 Å². The molecular formula is C13H22NOPS. The number of nitrogens with zero attached hydrogens (tertiary/aromatic N) is 1. The molecule has 0 saturated carbocycles. The number of benzene rings is 1. The zero-order valence-electron chi connectivity index (χ0n) is 10.9. The monoisotopic (exact) mass is 271 g/mol. The van der Waals surface area contributed by atoms with Gasteiger partial charge in [0.1, 0.15) is 0 Å². The summed E-state index contributed by atoms with van der Waals surface area (Å²) in [5, 5.41) is 0.974. The van der Waals surface area contributed by atoms with Crippen molar-refractivity contribution in [2.45, 2.75) is 27.2 Å². The van der Waals surface area contributed by atoms with Gasteiger partial charge in [-0.2, -0.15) is 0 Å². The molecule has 0 spiro atoms. The summed E-state index contributed by atoms with van der Waals surface area (Å²) < 4.78 is 15.3. The predicted octanol–water partition coefficient (Wildman–Crippen LogP) is 3.99. The molecule has 0 saturated heterocycles. The first-order valence-corrected chi connectivity index (χ1v) is 9.49. The zero-order valence-corrected chi connectivity index (χ0v) is 12.6. The molecule has 0 aromatic heterocycles. The average Bonchev–Trinajstić information content (AvgIpc) is 2.38. The number of hydrogen-bond donors (Lipinski definition) is 0. The van der Waals surface area contributed by atoms with E-state index >= 15 is 0 Å². The van der Waals surface area contributed by atoms with Crippen molar-refractivity contribution < 1.29 is 4.57 Å². The average molecular weight is 271 g/mol. The van der Waals surface area contributed by atoms with Gasteiger partial charge in [-0.05, 0) is 18.6 Å². The summed E-state index contributed by atoms with van der Waals surface area (Å²) in [4.78, 5) is 0. The van der Waals surface area contributed by atoms with Crippen molar-refractivity contribution in [2.24, 2.45) is 0 Å². The summed E-state index contributed by atoms with van der Waals surface area (Å²) in [7, 11) is 0. The maximum Gasteiger partial charge on any atom is 0.232 e. The first kappa shape index (κ1) is 14.8. The smallest absolute Gasteiger partial charge is 0.232 e. The molecule has 96 valence electrons. The normalized spacial score (nSPS) is 14.8. The van der Waals surface area contributed by atoms with Crippen LogP contribution < -0.4 is 5.30 Å². The summed E-state index contributed by atoms with van der Waals surface area (Å²) >= 11 is 1.62. The molecule has 0 aliphatic heterocycles. The highest BCUT2D eigenvalue weighted by molar-refractivity contribution is 8.59. The minimum Gasteiger partial charge on any atom is -0.289 e. The quantitative estimate of drug-likeness (QED) is 0.699. The van der Waals surface area contributed by atoms with Crippen LogP contribution in [0.5, 0.6) is 0 Å². The summed E-state index contributed by atoms with van der Waals surface area (Å²) in [6.07, 6.45) is 1.06. The number of rotatable bonds is 7. The van der Waals surface area contributed by atoms with Gasteiger partial charge in [-0.1, -0.05) is 50.4 Å². The van der Waals surface area contributed by atoms with E-state index in [4.69, 9.17) is 0 Å². The lowest BCUT2D eigenvalue weighted by molar-refractivity contribution is 0.463. The molecular weight excluding hydrogens is 249 g/mol. The van der Waals surface area contributed by atoms with Gasteiger partial charge in [0.2, 0.25) is 6.49 Å². The molecule has 1 aromatic carbocycles. The molecule has 1 unspecified atom stereocenters. The van der Waals surface area contributed by atoms with Crippen LogP contribution in [0.4, 0.5) is 0 Å². The highest BCUT2D eigenvalue weighted by Gasteiger charge is 2.30. The lowest BCUT2D eigenvalue weighted by Crippen LogP contribution is -2.24. The van der Waals surface area contributed by atoms with Gasteiger partial charge < -0.3 is 0 Å². The molecule has 4 heteroatoms. The second-order valence-electron chi connectivity index (χ2n) is 3.83. The lowest BCUT2D eigenvalue weighted by Gasteiger charge is -2.29. The van der Waals surface area contributed by atoms with E-state index in [0.29, 0.717) is 0 Å². The fraction of sp³-hybridized carbons (Fsp3) is 0.538. The van der Waals surface area contributed by atoms with Crippen LogP contribution in [0.2, 0.25) is 0 Å². The van der Waals surface area contributed by atoms with E-state index in [1.807, 2.05) is 30.3 Å². The van der Waals surface area contributed by atoms with Crippen LogP contribution in [0.1, 0.15) is 27.2 Å². The van der Waals surface area contributed by atoms with E-state index in [1.165, 1.54) is 0 Å². The van der Waals surface area contributed by atoms with Crippen LogP contribution in [0.3, 0.4) is 0 Å². The highest BCUT2D eigenvalue weighted by atomic mass is 32.7. The zero-order chi connectivity index (χ0) is 12.7. The van der Waals surface area contributed by atoms with Crippen LogP contribution in [0, 0.1) is 0 Å². The molecule has 17 heavy (non-hydrogen) atoms. The maximum atomic E-state index is 13.2. The molecule has 2 nitrogen and oxygen atoms in total. The molecule has 0 amide bonds. The van der Waals surface area contributed by atoms with Crippen LogP contribution >= 0.6 is 17.9 Å². The topological polar surface area (TPSA) is 20.3 Å². The third-order valence-electron chi connectivity index (χ3n) is 2.66. The first-order chi connectivity index (χ1) is 8.19. The van der Waals surface area contributed by atoms with E-state index in [9.17, 15) is 4.57 Å². The van der Waals surface area contributed by atoms with Gasteiger partial charge in [-0.15, -0.1) is 0 Å². The Hall–Kier alpha value is -0.240. The van der Waals surface area contributed by atoms with Crippen molar-refractivity contribution >= 4 is 23.2 Å². The minimum atomic E-state index is -2.45. The molecule has 0 aliphatic carbocycles. The second kappa shape index (κ2) is 7.25. The van der Waals surface area contributed by atoms with Crippen LogP contribution in [0.25, 0.3) is 0 Å². The van der Waals surface area contributed by atoms with Gasteiger partial charge in [-0.25, -0.2) is 4.67 Å². The minimum absolute atomic E-state index is 0.833. The summed E-state index contributed by atoms with van der Waals surface area (Å²) in [5.41, 5.74) is 0. The van der Waals surface area contributed by atoms with Crippen LogP contribution in [0.15, 0.2) is 30.3 Å². The van der Waals surface area contributed by atoms with Crippen molar-refractivity contribution in [3.8, 4) is 0 Å².